The number of carbonyl (C=O) groups is 1. The van der Waals surface area contributed by atoms with Crippen molar-refractivity contribution in [1.82, 2.24) is 4.90 Å². The van der Waals surface area contributed by atoms with Gasteiger partial charge < -0.3 is 10.0 Å². The second-order valence-electron chi connectivity index (χ2n) is 5.09. The van der Waals surface area contributed by atoms with Crippen molar-refractivity contribution in [3.8, 4) is 0 Å². The molecule has 0 aromatic rings. The van der Waals surface area contributed by atoms with Crippen LogP contribution >= 0.6 is 0 Å². The number of aliphatic hydroxyl groups excluding tert-OH is 1. The number of unbranched alkanes of at least 4 members (excludes halogenated alkanes) is 1. The van der Waals surface area contributed by atoms with Crippen molar-refractivity contribution in [2.24, 2.45) is 5.92 Å². The van der Waals surface area contributed by atoms with Crippen LogP contribution in [-0.2, 0) is 4.79 Å². The number of hydrogen-bond donors (Lipinski definition) is 1. The number of amides is 1. The largest absolute Gasteiger partial charge is 0.395 e. The third kappa shape index (κ3) is 5.07. The highest BCUT2D eigenvalue weighted by atomic mass is 16.3. The zero-order valence-electron chi connectivity index (χ0n) is 11.2. The highest BCUT2D eigenvalue weighted by Crippen LogP contribution is 2.24. The molecule has 0 spiro atoms. The third-order valence-corrected chi connectivity index (χ3v) is 3.67. The van der Waals surface area contributed by atoms with E-state index in [1.54, 1.807) is 0 Å². The van der Waals surface area contributed by atoms with E-state index in [0.29, 0.717) is 6.54 Å². The number of nitrogens with zero attached hydrogens (tertiary/aromatic N) is 1. The molecule has 1 aliphatic rings. The minimum Gasteiger partial charge on any atom is -0.395 e. The summed E-state index contributed by atoms with van der Waals surface area (Å²) in [7, 11) is 0. The van der Waals surface area contributed by atoms with E-state index in [1.165, 1.54) is 25.7 Å². The molecule has 0 bridgehead atoms. The lowest BCUT2D eigenvalue weighted by atomic mass is 9.98. The molecule has 1 rings (SSSR count). The first-order valence-electron chi connectivity index (χ1n) is 7.19. The summed E-state index contributed by atoms with van der Waals surface area (Å²) in [5.41, 5.74) is 0. The second-order valence-corrected chi connectivity index (χ2v) is 5.09. The summed E-state index contributed by atoms with van der Waals surface area (Å²) >= 11 is 0. The van der Waals surface area contributed by atoms with E-state index in [1.807, 2.05) is 4.90 Å². The molecule has 1 amide bonds. The molecule has 3 nitrogen and oxygen atoms in total. The lowest BCUT2D eigenvalue weighted by Gasteiger charge is -2.26. The molecule has 1 N–H and O–H groups in total. The molecule has 0 aliphatic heterocycles. The van der Waals surface area contributed by atoms with Crippen LogP contribution in [0.25, 0.3) is 0 Å². The predicted molar refractivity (Wildman–Crippen MR) is 69.8 cm³/mol. The standard InChI is InChI=1S/C14H27NO2/c1-2-3-10-15(11-12-16)14(17)13-8-6-4-5-7-9-13/h13,16H,2-12H2,1H3. The zero-order chi connectivity index (χ0) is 12.5. The van der Waals surface area contributed by atoms with Gasteiger partial charge in [-0.2, -0.15) is 0 Å². The van der Waals surface area contributed by atoms with E-state index in [-0.39, 0.29) is 18.4 Å². The molecule has 0 atom stereocenters. The molecule has 1 aliphatic carbocycles. The maximum Gasteiger partial charge on any atom is 0.225 e. The van der Waals surface area contributed by atoms with Crippen LogP contribution in [-0.4, -0.2) is 35.6 Å². The van der Waals surface area contributed by atoms with Crippen LogP contribution in [0.15, 0.2) is 0 Å². The van der Waals surface area contributed by atoms with E-state index in [4.69, 9.17) is 5.11 Å². The van der Waals surface area contributed by atoms with Gasteiger partial charge in [-0.3, -0.25) is 4.79 Å². The Morgan fingerprint density at radius 1 is 1.18 bits per heavy atom. The molecular weight excluding hydrogens is 214 g/mol. The monoisotopic (exact) mass is 241 g/mol. The van der Waals surface area contributed by atoms with Gasteiger partial charge in [0.2, 0.25) is 5.91 Å². The normalized spacial score (nSPS) is 17.8. The molecule has 0 heterocycles. The van der Waals surface area contributed by atoms with Crippen molar-refractivity contribution >= 4 is 5.91 Å². The summed E-state index contributed by atoms with van der Waals surface area (Å²) in [6.07, 6.45) is 9.17. The molecule has 1 fully saturated rings. The lowest BCUT2D eigenvalue weighted by Crippen LogP contribution is -2.38. The summed E-state index contributed by atoms with van der Waals surface area (Å²) in [4.78, 5) is 14.2. The fourth-order valence-electron chi connectivity index (χ4n) is 2.59. The van der Waals surface area contributed by atoms with Crippen LogP contribution in [0.4, 0.5) is 0 Å². The molecule has 1 saturated carbocycles. The van der Waals surface area contributed by atoms with Crippen LogP contribution < -0.4 is 0 Å². The van der Waals surface area contributed by atoms with Gasteiger partial charge >= 0.3 is 0 Å². The summed E-state index contributed by atoms with van der Waals surface area (Å²) in [6, 6.07) is 0. The first-order chi connectivity index (χ1) is 8.29. The van der Waals surface area contributed by atoms with Gasteiger partial charge in [-0.25, -0.2) is 0 Å². The molecule has 100 valence electrons. The Morgan fingerprint density at radius 3 is 2.35 bits per heavy atom. The van der Waals surface area contributed by atoms with Crippen LogP contribution in [0.1, 0.15) is 58.3 Å². The first kappa shape index (κ1) is 14.5. The van der Waals surface area contributed by atoms with E-state index in [2.05, 4.69) is 6.92 Å². The summed E-state index contributed by atoms with van der Waals surface area (Å²) in [5.74, 6) is 0.510. The molecule has 0 aromatic carbocycles. The number of carbonyl (C=O) groups excluding carboxylic acids is 1. The van der Waals surface area contributed by atoms with Crippen LogP contribution in [0.3, 0.4) is 0 Å². The van der Waals surface area contributed by atoms with Crippen molar-refractivity contribution in [3.05, 3.63) is 0 Å². The van der Waals surface area contributed by atoms with Gasteiger partial charge in [-0.05, 0) is 19.3 Å². The topological polar surface area (TPSA) is 40.5 Å². The predicted octanol–water partition coefficient (Wildman–Crippen LogP) is 2.58. The second kappa shape index (κ2) is 8.51. The summed E-state index contributed by atoms with van der Waals surface area (Å²) in [5, 5.41) is 9.04. The molecular formula is C14H27NO2. The molecule has 17 heavy (non-hydrogen) atoms. The van der Waals surface area contributed by atoms with Gasteiger partial charge in [-0.1, -0.05) is 39.0 Å². The van der Waals surface area contributed by atoms with E-state index >= 15 is 0 Å². The first-order valence-corrected chi connectivity index (χ1v) is 7.19. The molecule has 0 saturated heterocycles. The Hall–Kier alpha value is -0.570. The zero-order valence-corrected chi connectivity index (χ0v) is 11.2. The van der Waals surface area contributed by atoms with E-state index in [0.717, 1.165) is 32.2 Å². The Balaban J connectivity index is 2.48. The molecule has 0 unspecified atom stereocenters. The van der Waals surface area contributed by atoms with Gasteiger partial charge in [0, 0.05) is 19.0 Å². The Kier molecular flexibility index (Phi) is 7.25. The van der Waals surface area contributed by atoms with Gasteiger partial charge in [0.15, 0.2) is 0 Å². The fourth-order valence-corrected chi connectivity index (χ4v) is 2.59. The highest BCUT2D eigenvalue weighted by Gasteiger charge is 2.24. The van der Waals surface area contributed by atoms with Crippen molar-refractivity contribution in [1.29, 1.82) is 0 Å². The SMILES string of the molecule is CCCCN(CCO)C(=O)C1CCCCCC1. The fraction of sp³-hybridized carbons (Fsp3) is 0.929. The minimum absolute atomic E-state index is 0.0855. The summed E-state index contributed by atoms with van der Waals surface area (Å²) in [6.45, 7) is 3.54. The van der Waals surface area contributed by atoms with E-state index in [9.17, 15) is 4.79 Å². The Morgan fingerprint density at radius 2 is 1.82 bits per heavy atom. The number of hydrogen-bond acceptors (Lipinski definition) is 2. The van der Waals surface area contributed by atoms with Crippen LogP contribution in [0.2, 0.25) is 0 Å². The van der Waals surface area contributed by atoms with Crippen molar-refractivity contribution in [2.45, 2.75) is 58.3 Å². The quantitative estimate of drug-likeness (QED) is 0.726. The lowest BCUT2D eigenvalue weighted by molar-refractivity contribution is -0.136. The average Bonchev–Trinajstić information content (AvgIpc) is 2.62. The average molecular weight is 241 g/mol. The van der Waals surface area contributed by atoms with Gasteiger partial charge in [0.05, 0.1) is 6.61 Å². The van der Waals surface area contributed by atoms with Gasteiger partial charge in [-0.15, -0.1) is 0 Å². The van der Waals surface area contributed by atoms with Crippen LogP contribution in [0, 0.1) is 5.92 Å². The number of rotatable bonds is 6. The third-order valence-electron chi connectivity index (χ3n) is 3.67. The van der Waals surface area contributed by atoms with Crippen molar-refractivity contribution < 1.29 is 9.90 Å². The van der Waals surface area contributed by atoms with Gasteiger partial charge in [0.1, 0.15) is 0 Å². The minimum atomic E-state index is 0.0855. The van der Waals surface area contributed by atoms with Gasteiger partial charge in [0.25, 0.3) is 0 Å². The van der Waals surface area contributed by atoms with Crippen molar-refractivity contribution in [2.75, 3.05) is 19.7 Å². The summed E-state index contributed by atoms with van der Waals surface area (Å²) < 4.78 is 0. The highest BCUT2D eigenvalue weighted by molar-refractivity contribution is 5.78. The maximum absolute atomic E-state index is 12.4. The molecule has 0 radical (unpaired) electrons. The smallest absolute Gasteiger partial charge is 0.225 e. The Labute approximate surface area is 105 Å². The van der Waals surface area contributed by atoms with Crippen LogP contribution in [0.5, 0.6) is 0 Å². The molecule has 3 heteroatoms. The Bertz CT molecular complexity index is 210. The maximum atomic E-state index is 12.4. The molecule has 0 aromatic heterocycles. The van der Waals surface area contributed by atoms with E-state index < -0.39 is 0 Å². The van der Waals surface area contributed by atoms with Crippen molar-refractivity contribution in [3.63, 3.8) is 0 Å². The number of aliphatic hydroxyl groups is 1.